The second kappa shape index (κ2) is 6.03. The van der Waals surface area contributed by atoms with Crippen LogP contribution in [0.2, 0.25) is 0 Å². The molecule has 1 aliphatic rings. The van der Waals surface area contributed by atoms with Gasteiger partial charge in [-0.2, -0.15) is 0 Å². The van der Waals surface area contributed by atoms with Crippen molar-refractivity contribution in [1.29, 1.82) is 0 Å². The van der Waals surface area contributed by atoms with Crippen molar-refractivity contribution in [3.05, 3.63) is 29.8 Å². The summed E-state index contributed by atoms with van der Waals surface area (Å²) in [5.74, 6) is 0.865. The number of piperidine rings is 1. The van der Waals surface area contributed by atoms with Gasteiger partial charge in [0.1, 0.15) is 5.75 Å². The van der Waals surface area contributed by atoms with E-state index in [0.29, 0.717) is 0 Å². The molecule has 1 aromatic carbocycles. The number of ether oxygens (including phenoxy) is 1. The van der Waals surface area contributed by atoms with Crippen LogP contribution in [0, 0.1) is 0 Å². The van der Waals surface area contributed by atoms with Gasteiger partial charge in [-0.05, 0) is 43.6 Å². The highest BCUT2D eigenvalue weighted by Crippen LogP contribution is 2.25. The monoisotopic (exact) mass is 235 g/mol. The third kappa shape index (κ3) is 2.99. The molecular weight excluding hydrogens is 214 g/mol. The van der Waals surface area contributed by atoms with Crippen LogP contribution in [0.25, 0.3) is 0 Å². The van der Waals surface area contributed by atoms with Crippen LogP contribution in [0.3, 0.4) is 0 Å². The molecule has 0 aliphatic carbocycles. The molecule has 2 rings (SSSR count). The van der Waals surface area contributed by atoms with Gasteiger partial charge < -0.3 is 9.84 Å². The molecule has 94 valence electrons. The van der Waals surface area contributed by atoms with E-state index in [2.05, 4.69) is 4.90 Å². The fourth-order valence-electron chi connectivity index (χ4n) is 2.49. The van der Waals surface area contributed by atoms with E-state index in [9.17, 15) is 5.11 Å². The Morgan fingerprint density at radius 3 is 2.35 bits per heavy atom. The summed E-state index contributed by atoms with van der Waals surface area (Å²) >= 11 is 0. The molecule has 1 unspecified atom stereocenters. The van der Waals surface area contributed by atoms with E-state index in [-0.39, 0.29) is 12.6 Å². The first kappa shape index (κ1) is 12.4. The number of methoxy groups -OCH3 is 1. The minimum atomic E-state index is 0.140. The molecule has 3 nitrogen and oxygen atoms in total. The number of likely N-dealkylation sites (tertiary alicyclic amines) is 1. The van der Waals surface area contributed by atoms with Crippen LogP contribution in [-0.4, -0.2) is 36.8 Å². The van der Waals surface area contributed by atoms with Crippen molar-refractivity contribution in [2.75, 3.05) is 26.8 Å². The first-order valence-corrected chi connectivity index (χ1v) is 6.34. The molecule has 3 heteroatoms. The summed E-state index contributed by atoms with van der Waals surface area (Å²) in [6.07, 6.45) is 3.80. The standard InChI is InChI=1S/C14H21NO2/c1-17-13-7-5-12(6-8-13)14(11-16)15-9-3-2-4-10-15/h5-8,14,16H,2-4,9-11H2,1H3. The molecule has 0 amide bonds. The van der Waals surface area contributed by atoms with Crippen LogP contribution in [0.4, 0.5) is 0 Å². The van der Waals surface area contributed by atoms with Crippen molar-refractivity contribution < 1.29 is 9.84 Å². The van der Waals surface area contributed by atoms with Crippen LogP contribution < -0.4 is 4.74 Å². The lowest BCUT2D eigenvalue weighted by atomic mass is 10.0. The summed E-state index contributed by atoms with van der Waals surface area (Å²) in [5.41, 5.74) is 1.18. The number of aliphatic hydroxyl groups is 1. The molecular formula is C14H21NO2. The highest BCUT2D eigenvalue weighted by Gasteiger charge is 2.21. The zero-order valence-electron chi connectivity index (χ0n) is 10.4. The van der Waals surface area contributed by atoms with E-state index in [4.69, 9.17) is 4.74 Å². The number of aliphatic hydroxyl groups excluding tert-OH is 1. The van der Waals surface area contributed by atoms with Crippen molar-refractivity contribution >= 4 is 0 Å². The summed E-state index contributed by atoms with van der Waals surface area (Å²) in [6.45, 7) is 2.38. The van der Waals surface area contributed by atoms with E-state index in [1.54, 1.807) is 7.11 Å². The smallest absolute Gasteiger partial charge is 0.118 e. The molecule has 1 atom stereocenters. The Morgan fingerprint density at radius 1 is 1.18 bits per heavy atom. The average molecular weight is 235 g/mol. The predicted molar refractivity (Wildman–Crippen MR) is 68.2 cm³/mol. The Bertz CT molecular complexity index is 331. The van der Waals surface area contributed by atoms with Gasteiger partial charge in [0.15, 0.2) is 0 Å². The summed E-state index contributed by atoms with van der Waals surface area (Å²) in [4.78, 5) is 2.38. The fraction of sp³-hybridized carbons (Fsp3) is 0.571. The molecule has 17 heavy (non-hydrogen) atoms. The highest BCUT2D eigenvalue weighted by atomic mass is 16.5. The third-order valence-corrected chi connectivity index (χ3v) is 3.50. The van der Waals surface area contributed by atoms with Gasteiger partial charge in [-0.1, -0.05) is 18.6 Å². The molecule has 1 heterocycles. The van der Waals surface area contributed by atoms with E-state index in [1.165, 1.54) is 24.8 Å². The average Bonchev–Trinajstić information content (AvgIpc) is 2.42. The van der Waals surface area contributed by atoms with Crippen LogP contribution in [-0.2, 0) is 0 Å². The molecule has 1 aliphatic heterocycles. The van der Waals surface area contributed by atoms with Crippen molar-refractivity contribution in [2.45, 2.75) is 25.3 Å². The molecule has 0 spiro atoms. The second-order valence-electron chi connectivity index (χ2n) is 4.57. The number of hydrogen-bond donors (Lipinski definition) is 1. The topological polar surface area (TPSA) is 32.7 Å². The first-order chi connectivity index (χ1) is 8.35. The molecule has 0 radical (unpaired) electrons. The van der Waals surface area contributed by atoms with Gasteiger partial charge >= 0.3 is 0 Å². The first-order valence-electron chi connectivity index (χ1n) is 6.34. The number of hydrogen-bond acceptors (Lipinski definition) is 3. The minimum absolute atomic E-state index is 0.140. The number of nitrogens with zero attached hydrogens (tertiary/aromatic N) is 1. The molecule has 1 saturated heterocycles. The third-order valence-electron chi connectivity index (χ3n) is 3.50. The van der Waals surface area contributed by atoms with Gasteiger partial charge in [0, 0.05) is 0 Å². The Kier molecular flexibility index (Phi) is 4.40. The summed E-state index contributed by atoms with van der Waals surface area (Å²) in [5, 5.41) is 9.59. The van der Waals surface area contributed by atoms with Gasteiger partial charge in [0.2, 0.25) is 0 Å². The van der Waals surface area contributed by atoms with Gasteiger partial charge in [-0.25, -0.2) is 0 Å². The van der Waals surface area contributed by atoms with Gasteiger partial charge in [0.05, 0.1) is 19.8 Å². The molecule has 0 bridgehead atoms. The SMILES string of the molecule is COc1ccc(C(CO)N2CCCCC2)cc1. The Balaban J connectivity index is 2.10. The minimum Gasteiger partial charge on any atom is -0.497 e. The summed E-state index contributed by atoms with van der Waals surface area (Å²) < 4.78 is 5.15. The largest absolute Gasteiger partial charge is 0.497 e. The summed E-state index contributed by atoms with van der Waals surface area (Å²) in [7, 11) is 1.67. The zero-order valence-corrected chi connectivity index (χ0v) is 10.4. The Hall–Kier alpha value is -1.06. The zero-order chi connectivity index (χ0) is 12.1. The van der Waals surface area contributed by atoms with Crippen molar-refractivity contribution in [3.63, 3.8) is 0 Å². The van der Waals surface area contributed by atoms with Crippen LogP contribution in [0.1, 0.15) is 30.9 Å². The van der Waals surface area contributed by atoms with E-state index in [0.717, 1.165) is 18.8 Å². The maximum atomic E-state index is 9.59. The molecule has 1 N–H and O–H groups in total. The number of rotatable bonds is 4. The second-order valence-corrected chi connectivity index (χ2v) is 4.57. The van der Waals surface area contributed by atoms with E-state index < -0.39 is 0 Å². The van der Waals surface area contributed by atoms with Gasteiger partial charge in [-0.3, -0.25) is 4.90 Å². The molecule has 0 saturated carbocycles. The van der Waals surface area contributed by atoms with Gasteiger partial charge in [-0.15, -0.1) is 0 Å². The Morgan fingerprint density at radius 2 is 1.82 bits per heavy atom. The normalized spacial score (nSPS) is 18.9. The Labute approximate surface area is 103 Å². The van der Waals surface area contributed by atoms with E-state index in [1.807, 2.05) is 24.3 Å². The predicted octanol–water partition coefficient (Wildman–Crippen LogP) is 2.21. The number of benzene rings is 1. The maximum absolute atomic E-state index is 9.59. The lowest BCUT2D eigenvalue weighted by molar-refractivity contribution is 0.104. The van der Waals surface area contributed by atoms with Crippen LogP contribution in [0.5, 0.6) is 5.75 Å². The van der Waals surface area contributed by atoms with Crippen molar-refractivity contribution in [2.24, 2.45) is 0 Å². The lowest BCUT2D eigenvalue weighted by Gasteiger charge is -2.33. The quantitative estimate of drug-likeness (QED) is 0.868. The van der Waals surface area contributed by atoms with Gasteiger partial charge in [0.25, 0.3) is 0 Å². The fourth-order valence-corrected chi connectivity index (χ4v) is 2.49. The molecule has 0 aromatic heterocycles. The lowest BCUT2D eigenvalue weighted by Crippen LogP contribution is -2.35. The van der Waals surface area contributed by atoms with Crippen molar-refractivity contribution in [1.82, 2.24) is 4.90 Å². The van der Waals surface area contributed by atoms with E-state index >= 15 is 0 Å². The van der Waals surface area contributed by atoms with Crippen molar-refractivity contribution in [3.8, 4) is 5.75 Å². The van der Waals surface area contributed by atoms with Crippen LogP contribution >= 0.6 is 0 Å². The summed E-state index contributed by atoms with van der Waals surface area (Å²) in [6, 6.07) is 8.16. The van der Waals surface area contributed by atoms with Crippen LogP contribution in [0.15, 0.2) is 24.3 Å². The highest BCUT2D eigenvalue weighted by molar-refractivity contribution is 5.29. The maximum Gasteiger partial charge on any atom is 0.118 e. The molecule has 1 fully saturated rings. The molecule has 1 aromatic rings.